The zero-order valence-corrected chi connectivity index (χ0v) is 30.9. The molecule has 6 heteroatoms. The molecule has 5 rings (SSSR count). The smallest absolute Gasteiger partial charge is 0.0462 e. The molecule has 0 spiro atoms. The van der Waals surface area contributed by atoms with Gasteiger partial charge >= 0.3 is 0 Å². The van der Waals surface area contributed by atoms with Gasteiger partial charge in [-0.15, -0.1) is 0 Å². The Kier molecular flexibility index (Phi) is 15.8. The highest BCUT2D eigenvalue weighted by Crippen LogP contribution is 2.35. The Morgan fingerprint density at radius 1 is 0.500 bits per heavy atom. The summed E-state index contributed by atoms with van der Waals surface area (Å²) >= 11 is 9.29. The summed E-state index contributed by atoms with van der Waals surface area (Å²) in [6, 6.07) is 41.7. The predicted octanol–water partition coefficient (Wildman–Crippen LogP) is 12.5. The topological polar surface area (TPSA) is 55.3 Å². The number of nitrogen functional groups attached to an aromatic ring is 2. The Bertz CT molecular complexity index is 1420. The third-order valence-electron chi connectivity index (χ3n) is 6.85. The van der Waals surface area contributed by atoms with Crippen LogP contribution in [0.2, 0.25) is 0 Å². The van der Waals surface area contributed by atoms with Crippen LogP contribution >= 0.6 is 54.5 Å². The SMILES string of the molecule is CCCCc1ccc(N(c2ccc(Br)cc2)c2ccc(Br)cc2)cc1.CCCCc1ccc(N)cc1.Nc1ccc(I)cc1. The fourth-order valence-electron chi connectivity index (χ4n) is 4.35. The number of unbranched alkanes of at least 4 members (excludes halogenated alkanes) is 2. The lowest BCUT2D eigenvalue weighted by molar-refractivity contribution is 0.795. The fraction of sp³-hybridized carbons (Fsp3) is 0.211. The molecule has 0 atom stereocenters. The second kappa shape index (κ2) is 19.6. The Morgan fingerprint density at radius 2 is 0.818 bits per heavy atom. The summed E-state index contributed by atoms with van der Waals surface area (Å²) in [5.74, 6) is 0. The van der Waals surface area contributed by atoms with E-state index in [1.807, 2.05) is 36.4 Å². The molecule has 0 unspecified atom stereocenters. The monoisotopic (exact) mass is 825 g/mol. The predicted molar refractivity (Wildman–Crippen MR) is 208 cm³/mol. The van der Waals surface area contributed by atoms with Crippen LogP contribution < -0.4 is 16.4 Å². The Hall–Kier alpha value is -2.81. The minimum absolute atomic E-state index is 0.824. The highest BCUT2D eigenvalue weighted by atomic mass is 127. The molecule has 5 aromatic carbocycles. The molecule has 4 N–H and O–H groups in total. The number of aryl methyl sites for hydroxylation is 2. The lowest BCUT2D eigenvalue weighted by Crippen LogP contribution is -2.09. The first-order valence-corrected chi connectivity index (χ1v) is 17.7. The van der Waals surface area contributed by atoms with Crippen LogP contribution in [0.3, 0.4) is 0 Å². The van der Waals surface area contributed by atoms with Crippen molar-refractivity contribution in [3.05, 3.63) is 145 Å². The van der Waals surface area contributed by atoms with Gasteiger partial charge in [0.25, 0.3) is 0 Å². The van der Waals surface area contributed by atoms with E-state index in [0.717, 1.165) is 38.1 Å². The molecule has 3 nitrogen and oxygen atoms in total. The van der Waals surface area contributed by atoms with Gasteiger partial charge in [0.1, 0.15) is 0 Å². The van der Waals surface area contributed by atoms with Gasteiger partial charge in [0.15, 0.2) is 0 Å². The minimum Gasteiger partial charge on any atom is -0.399 e. The zero-order valence-electron chi connectivity index (χ0n) is 25.5. The van der Waals surface area contributed by atoms with E-state index < -0.39 is 0 Å². The molecule has 0 radical (unpaired) electrons. The van der Waals surface area contributed by atoms with Crippen molar-refractivity contribution >= 4 is 82.9 Å². The largest absolute Gasteiger partial charge is 0.399 e. The van der Waals surface area contributed by atoms with Crippen LogP contribution in [-0.2, 0) is 12.8 Å². The lowest BCUT2D eigenvalue weighted by atomic mass is 10.1. The summed E-state index contributed by atoms with van der Waals surface area (Å²) in [6.45, 7) is 4.44. The summed E-state index contributed by atoms with van der Waals surface area (Å²) in [7, 11) is 0. The highest BCUT2D eigenvalue weighted by Gasteiger charge is 2.12. The zero-order chi connectivity index (χ0) is 31.7. The van der Waals surface area contributed by atoms with E-state index in [4.69, 9.17) is 11.5 Å². The molecule has 0 fully saturated rings. The Labute approximate surface area is 294 Å². The van der Waals surface area contributed by atoms with E-state index in [-0.39, 0.29) is 0 Å². The van der Waals surface area contributed by atoms with Gasteiger partial charge in [0.05, 0.1) is 0 Å². The average Bonchev–Trinajstić information content (AvgIpc) is 3.04. The van der Waals surface area contributed by atoms with Crippen molar-refractivity contribution in [3.63, 3.8) is 0 Å². The summed E-state index contributed by atoms with van der Waals surface area (Å²) in [5.41, 5.74) is 18.9. The van der Waals surface area contributed by atoms with Crippen LogP contribution in [0.5, 0.6) is 0 Å². The summed E-state index contributed by atoms with van der Waals surface area (Å²) in [6.07, 6.45) is 7.31. The number of anilines is 5. The van der Waals surface area contributed by atoms with Crippen LogP contribution in [0.4, 0.5) is 28.4 Å². The molecule has 0 aromatic heterocycles. The van der Waals surface area contributed by atoms with E-state index >= 15 is 0 Å². The van der Waals surface area contributed by atoms with Crippen molar-refractivity contribution in [1.29, 1.82) is 0 Å². The number of nitrogens with zero attached hydrogens (tertiary/aromatic N) is 1. The second-order valence-corrected chi connectivity index (χ2v) is 13.5. The van der Waals surface area contributed by atoms with E-state index in [2.05, 4.69) is 158 Å². The lowest BCUT2D eigenvalue weighted by Gasteiger charge is -2.25. The van der Waals surface area contributed by atoms with Gasteiger partial charge in [-0.2, -0.15) is 0 Å². The van der Waals surface area contributed by atoms with Crippen molar-refractivity contribution in [1.82, 2.24) is 0 Å². The molecule has 0 saturated heterocycles. The molecule has 0 bridgehead atoms. The average molecular weight is 827 g/mol. The maximum atomic E-state index is 5.56. The molecule has 0 amide bonds. The van der Waals surface area contributed by atoms with Crippen molar-refractivity contribution < 1.29 is 0 Å². The molecular formula is C38H42Br2IN3. The Morgan fingerprint density at radius 3 is 1.16 bits per heavy atom. The van der Waals surface area contributed by atoms with Crippen molar-refractivity contribution in [2.75, 3.05) is 16.4 Å². The van der Waals surface area contributed by atoms with E-state index in [9.17, 15) is 0 Å². The molecule has 0 aliphatic rings. The number of hydrogen-bond donors (Lipinski definition) is 2. The number of benzene rings is 5. The van der Waals surface area contributed by atoms with Crippen molar-refractivity contribution in [2.24, 2.45) is 0 Å². The van der Waals surface area contributed by atoms with Crippen LogP contribution in [0.15, 0.2) is 130 Å². The van der Waals surface area contributed by atoms with E-state index in [0.29, 0.717) is 0 Å². The third-order valence-corrected chi connectivity index (χ3v) is 8.63. The van der Waals surface area contributed by atoms with Crippen molar-refractivity contribution in [2.45, 2.75) is 52.4 Å². The van der Waals surface area contributed by atoms with Gasteiger partial charge < -0.3 is 16.4 Å². The maximum absolute atomic E-state index is 5.56. The summed E-state index contributed by atoms with van der Waals surface area (Å²) < 4.78 is 3.39. The van der Waals surface area contributed by atoms with Gasteiger partial charge in [0, 0.05) is 41.0 Å². The standard InChI is InChI=1S/C22H21Br2N.C10H15N.C6H6IN/c1-2-3-4-17-5-11-20(12-6-17)25(21-13-7-18(23)8-14-21)22-15-9-19(24)10-16-22;1-2-3-4-9-5-7-10(11)8-6-9;7-5-1-3-6(8)4-2-5/h5-16H,2-4H2,1H3;5-8H,2-4,11H2,1H3;1-4H,8H2. The quantitative estimate of drug-likeness (QED) is 0.115. The molecule has 230 valence electrons. The molecule has 0 heterocycles. The maximum Gasteiger partial charge on any atom is 0.0462 e. The van der Waals surface area contributed by atoms with E-state index in [1.165, 1.54) is 52.5 Å². The van der Waals surface area contributed by atoms with Gasteiger partial charge in [-0.1, -0.05) is 82.8 Å². The fourth-order valence-corrected chi connectivity index (χ4v) is 5.24. The van der Waals surface area contributed by atoms with Gasteiger partial charge in [-0.05, 0) is 156 Å². The molecular weight excluding hydrogens is 785 g/mol. The molecule has 5 aromatic rings. The highest BCUT2D eigenvalue weighted by molar-refractivity contribution is 14.1. The third kappa shape index (κ3) is 12.7. The van der Waals surface area contributed by atoms with Crippen LogP contribution in [0.1, 0.15) is 50.7 Å². The Balaban J connectivity index is 0.000000227. The second-order valence-electron chi connectivity index (χ2n) is 10.5. The molecule has 44 heavy (non-hydrogen) atoms. The molecule has 0 aliphatic carbocycles. The van der Waals surface area contributed by atoms with E-state index in [1.54, 1.807) is 0 Å². The summed E-state index contributed by atoms with van der Waals surface area (Å²) in [4.78, 5) is 2.28. The van der Waals surface area contributed by atoms with Gasteiger partial charge in [0.2, 0.25) is 0 Å². The van der Waals surface area contributed by atoms with Crippen LogP contribution in [0.25, 0.3) is 0 Å². The van der Waals surface area contributed by atoms with Crippen LogP contribution in [0, 0.1) is 3.57 Å². The first kappa shape index (κ1) is 35.7. The molecule has 0 aliphatic heterocycles. The number of hydrogen-bond acceptors (Lipinski definition) is 3. The van der Waals surface area contributed by atoms with Gasteiger partial charge in [-0.3, -0.25) is 0 Å². The number of halogens is 3. The van der Waals surface area contributed by atoms with Crippen LogP contribution in [-0.4, -0.2) is 0 Å². The normalized spacial score (nSPS) is 10.2. The number of rotatable bonds is 9. The number of nitrogens with two attached hydrogens (primary N) is 2. The van der Waals surface area contributed by atoms with Gasteiger partial charge in [-0.25, -0.2) is 0 Å². The van der Waals surface area contributed by atoms with Crippen molar-refractivity contribution in [3.8, 4) is 0 Å². The first-order valence-electron chi connectivity index (χ1n) is 15.0. The summed E-state index contributed by atoms with van der Waals surface area (Å²) in [5, 5.41) is 0. The molecule has 0 saturated carbocycles. The minimum atomic E-state index is 0.824. The first-order chi connectivity index (χ1) is 21.3.